The van der Waals surface area contributed by atoms with Crippen LogP contribution in [0.3, 0.4) is 0 Å². The largest absolute Gasteiger partial charge is 0.385 e. The molecular weight excluding hydrogens is 214 g/mol. The lowest BCUT2D eigenvalue weighted by molar-refractivity contribution is -0.119. The fraction of sp³-hybridized carbons (Fsp3) is 0.400. The summed E-state index contributed by atoms with van der Waals surface area (Å²) in [4.78, 5) is 14.8. The van der Waals surface area contributed by atoms with Crippen molar-refractivity contribution < 1.29 is 4.79 Å². The normalized spacial score (nSPS) is 20.1. The van der Waals surface area contributed by atoms with Crippen molar-refractivity contribution in [1.29, 1.82) is 0 Å². The molecule has 0 spiro atoms. The first kappa shape index (κ1) is 10.2. The maximum absolute atomic E-state index is 10.9. The van der Waals surface area contributed by atoms with Gasteiger partial charge in [0.25, 0.3) is 0 Å². The van der Waals surface area contributed by atoms with Crippen molar-refractivity contribution in [3.05, 3.63) is 23.5 Å². The molecular formula is C10H12ClN3O. The Bertz CT molecular complexity index is 369. The lowest BCUT2D eigenvalue weighted by Crippen LogP contribution is -2.17. The number of nitrogens with zero attached hydrogens (tertiary/aromatic N) is 1. The number of pyridine rings is 1. The number of rotatable bonds is 3. The Labute approximate surface area is 93.0 Å². The Morgan fingerprint density at radius 3 is 3.20 bits per heavy atom. The summed E-state index contributed by atoms with van der Waals surface area (Å²) in [5, 5.41) is 6.50. The first-order valence-electron chi connectivity index (χ1n) is 4.86. The number of carbonyl (C=O) groups is 1. The predicted molar refractivity (Wildman–Crippen MR) is 58.9 cm³/mol. The van der Waals surface area contributed by atoms with E-state index in [0.29, 0.717) is 17.5 Å². The predicted octanol–water partition coefficient (Wildman–Crippen LogP) is 1.28. The average Bonchev–Trinajstić information content (AvgIpc) is 2.62. The Morgan fingerprint density at radius 1 is 1.67 bits per heavy atom. The molecule has 1 aliphatic heterocycles. The number of halogens is 1. The van der Waals surface area contributed by atoms with Crippen LogP contribution in [-0.4, -0.2) is 24.0 Å². The highest BCUT2D eigenvalue weighted by Gasteiger charge is 2.20. The van der Waals surface area contributed by atoms with Crippen molar-refractivity contribution in [2.45, 2.75) is 6.42 Å². The molecule has 2 N–H and O–H groups in total. The van der Waals surface area contributed by atoms with Crippen LogP contribution >= 0.6 is 11.6 Å². The van der Waals surface area contributed by atoms with E-state index < -0.39 is 0 Å². The lowest BCUT2D eigenvalue weighted by atomic mass is 10.1. The van der Waals surface area contributed by atoms with Gasteiger partial charge in [0.05, 0.1) is 0 Å². The highest BCUT2D eigenvalue weighted by Crippen LogP contribution is 2.14. The van der Waals surface area contributed by atoms with E-state index in [1.807, 2.05) is 6.07 Å². The van der Waals surface area contributed by atoms with E-state index in [1.165, 1.54) is 0 Å². The SMILES string of the molecule is O=C1CC(CNc2ccnc(Cl)c2)CN1. The molecule has 1 saturated heterocycles. The van der Waals surface area contributed by atoms with Crippen LogP contribution in [0, 0.1) is 5.92 Å². The third-order valence-corrected chi connectivity index (χ3v) is 2.59. The van der Waals surface area contributed by atoms with E-state index in [4.69, 9.17) is 11.6 Å². The zero-order valence-electron chi connectivity index (χ0n) is 8.16. The molecule has 2 rings (SSSR count). The van der Waals surface area contributed by atoms with Gasteiger partial charge in [-0.25, -0.2) is 4.98 Å². The summed E-state index contributed by atoms with van der Waals surface area (Å²) in [6.07, 6.45) is 2.26. The molecule has 1 atom stereocenters. The molecule has 0 saturated carbocycles. The monoisotopic (exact) mass is 225 g/mol. The number of aromatic nitrogens is 1. The molecule has 4 nitrogen and oxygen atoms in total. The van der Waals surface area contributed by atoms with Gasteiger partial charge in [0.15, 0.2) is 0 Å². The molecule has 0 radical (unpaired) electrons. The molecule has 1 fully saturated rings. The van der Waals surface area contributed by atoms with E-state index in [9.17, 15) is 4.79 Å². The minimum Gasteiger partial charge on any atom is -0.385 e. The quantitative estimate of drug-likeness (QED) is 0.763. The van der Waals surface area contributed by atoms with Gasteiger partial charge in [0.1, 0.15) is 5.15 Å². The molecule has 5 heteroatoms. The van der Waals surface area contributed by atoms with Crippen molar-refractivity contribution >= 4 is 23.2 Å². The minimum atomic E-state index is 0.134. The molecule has 0 aromatic carbocycles. The lowest BCUT2D eigenvalue weighted by Gasteiger charge is -2.10. The third-order valence-electron chi connectivity index (χ3n) is 2.38. The van der Waals surface area contributed by atoms with Gasteiger partial charge in [0.2, 0.25) is 5.91 Å². The van der Waals surface area contributed by atoms with Gasteiger partial charge >= 0.3 is 0 Å². The highest BCUT2D eigenvalue weighted by atomic mass is 35.5. The summed E-state index contributed by atoms with van der Waals surface area (Å²) >= 11 is 5.75. The van der Waals surface area contributed by atoms with Crippen LogP contribution in [0.4, 0.5) is 5.69 Å². The van der Waals surface area contributed by atoms with Crippen LogP contribution in [0.2, 0.25) is 5.15 Å². The molecule has 0 aliphatic carbocycles. The average molecular weight is 226 g/mol. The number of nitrogens with one attached hydrogen (secondary N) is 2. The molecule has 80 valence electrons. The van der Waals surface area contributed by atoms with Gasteiger partial charge < -0.3 is 10.6 Å². The topological polar surface area (TPSA) is 54.0 Å². The van der Waals surface area contributed by atoms with Crippen molar-refractivity contribution in [3.63, 3.8) is 0 Å². The van der Waals surface area contributed by atoms with E-state index in [0.717, 1.165) is 18.8 Å². The molecule has 1 aromatic rings. The Balaban J connectivity index is 1.85. The second-order valence-electron chi connectivity index (χ2n) is 3.62. The molecule has 15 heavy (non-hydrogen) atoms. The molecule has 1 aromatic heterocycles. The first-order valence-corrected chi connectivity index (χ1v) is 5.24. The number of amides is 1. The Hall–Kier alpha value is -1.29. The minimum absolute atomic E-state index is 0.134. The van der Waals surface area contributed by atoms with E-state index >= 15 is 0 Å². The molecule has 1 amide bonds. The summed E-state index contributed by atoms with van der Waals surface area (Å²) in [5.41, 5.74) is 0.939. The Morgan fingerprint density at radius 2 is 2.53 bits per heavy atom. The second kappa shape index (κ2) is 4.49. The maximum atomic E-state index is 10.9. The van der Waals surface area contributed by atoms with Crippen molar-refractivity contribution in [3.8, 4) is 0 Å². The summed E-state index contributed by atoms with van der Waals surface area (Å²) in [5.74, 6) is 0.499. The fourth-order valence-electron chi connectivity index (χ4n) is 1.58. The molecule has 1 unspecified atom stereocenters. The zero-order chi connectivity index (χ0) is 10.7. The summed E-state index contributed by atoms with van der Waals surface area (Å²) in [6, 6.07) is 3.63. The number of hydrogen-bond acceptors (Lipinski definition) is 3. The summed E-state index contributed by atoms with van der Waals surface area (Å²) in [6.45, 7) is 1.53. The van der Waals surface area contributed by atoms with Crippen molar-refractivity contribution in [2.24, 2.45) is 5.92 Å². The summed E-state index contributed by atoms with van der Waals surface area (Å²) < 4.78 is 0. The van der Waals surface area contributed by atoms with Gasteiger partial charge in [0, 0.05) is 37.3 Å². The van der Waals surface area contributed by atoms with Gasteiger partial charge in [-0.1, -0.05) is 11.6 Å². The second-order valence-corrected chi connectivity index (χ2v) is 4.01. The zero-order valence-corrected chi connectivity index (χ0v) is 8.92. The maximum Gasteiger partial charge on any atom is 0.220 e. The standard InChI is InChI=1S/C10H12ClN3O/c11-9-4-8(1-2-12-9)13-5-7-3-10(15)14-6-7/h1-2,4,7H,3,5-6H2,(H,12,13)(H,14,15). The van der Waals surface area contributed by atoms with Crippen LogP contribution in [-0.2, 0) is 4.79 Å². The van der Waals surface area contributed by atoms with Gasteiger partial charge in [-0.05, 0) is 12.1 Å². The first-order chi connectivity index (χ1) is 7.24. The van der Waals surface area contributed by atoms with Crippen LogP contribution in [0.25, 0.3) is 0 Å². The molecule has 2 heterocycles. The van der Waals surface area contributed by atoms with Crippen molar-refractivity contribution in [2.75, 3.05) is 18.4 Å². The highest BCUT2D eigenvalue weighted by molar-refractivity contribution is 6.29. The van der Waals surface area contributed by atoms with E-state index in [-0.39, 0.29) is 5.91 Å². The Kier molecular flexibility index (Phi) is 3.06. The number of anilines is 1. The van der Waals surface area contributed by atoms with Crippen LogP contribution in [0.1, 0.15) is 6.42 Å². The smallest absolute Gasteiger partial charge is 0.220 e. The number of carbonyl (C=O) groups excluding carboxylic acids is 1. The molecule has 1 aliphatic rings. The van der Waals surface area contributed by atoms with Crippen LogP contribution < -0.4 is 10.6 Å². The van der Waals surface area contributed by atoms with Crippen LogP contribution in [0.5, 0.6) is 0 Å². The van der Waals surface area contributed by atoms with E-state index in [1.54, 1.807) is 12.3 Å². The van der Waals surface area contributed by atoms with Crippen molar-refractivity contribution in [1.82, 2.24) is 10.3 Å². The van der Waals surface area contributed by atoms with Gasteiger partial charge in [-0.15, -0.1) is 0 Å². The van der Waals surface area contributed by atoms with Gasteiger partial charge in [-0.3, -0.25) is 4.79 Å². The molecule has 0 bridgehead atoms. The van der Waals surface area contributed by atoms with Crippen LogP contribution in [0.15, 0.2) is 18.3 Å². The van der Waals surface area contributed by atoms with Gasteiger partial charge in [-0.2, -0.15) is 0 Å². The van der Waals surface area contributed by atoms with E-state index in [2.05, 4.69) is 15.6 Å². The summed E-state index contributed by atoms with van der Waals surface area (Å²) in [7, 11) is 0. The fourth-order valence-corrected chi connectivity index (χ4v) is 1.76. The number of hydrogen-bond donors (Lipinski definition) is 2. The third kappa shape index (κ3) is 2.83.